The largest absolute Gasteiger partial charge is 0.351 e. The third kappa shape index (κ3) is 4.98. The Hall–Kier alpha value is -3.09. The molecule has 4 amide bonds. The van der Waals surface area contributed by atoms with Crippen LogP contribution in [-0.4, -0.2) is 12.1 Å². The summed E-state index contributed by atoms with van der Waals surface area (Å²) < 4.78 is 13.5. The average molecular weight is 330 g/mol. The summed E-state index contributed by atoms with van der Waals surface area (Å²) in [7, 11) is 0. The van der Waals surface area contributed by atoms with Crippen LogP contribution in [0.4, 0.5) is 19.7 Å². The molecule has 0 spiro atoms. The molecule has 5 N–H and O–H groups in total. The highest BCUT2D eigenvalue weighted by molar-refractivity contribution is 5.87. The Labute approximate surface area is 139 Å². The molecule has 24 heavy (non-hydrogen) atoms. The Morgan fingerprint density at radius 2 is 1.79 bits per heavy atom. The van der Waals surface area contributed by atoms with E-state index in [2.05, 4.69) is 16.0 Å². The molecule has 2 rings (SSSR count). The number of primary amides is 1. The third-order valence-corrected chi connectivity index (χ3v) is 3.42. The van der Waals surface area contributed by atoms with E-state index in [4.69, 9.17) is 5.73 Å². The van der Waals surface area contributed by atoms with E-state index in [0.717, 1.165) is 5.56 Å². The molecule has 7 heteroatoms. The van der Waals surface area contributed by atoms with Crippen LogP contribution in [0.25, 0.3) is 0 Å². The average Bonchev–Trinajstić information content (AvgIpc) is 2.54. The molecule has 0 aliphatic carbocycles. The van der Waals surface area contributed by atoms with Crippen molar-refractivity contribution in [1.29, 1.82) is 0 Å². The van der Waals surface area contributed by atoms with Gasteiger partial charge in [0.15, 0.2) is 0 Å². The zero-order valence-electron chi connectivity index (χ0n) is 13.2. The summed E-state index contributed by atoms with van der Waals surface area (Å²) in [6.07, 6.45) is 0. The van der Waals surface area contributed by atoms with Crippen LogP contribution in [0.3, 0.4) is 0 Å². The Balaban J connectivity index is 1.87. The molecule has 0 aliphatic heterocycles. The van der Waals surface area contributed by atoms with E-state index in [1.807, 2.05) is 6.92 Å². The lowest BCUT2D eigenvalue weighted by Crippen LogP contribution is -2.36. The summed E-state index contributed by atoms with van der Waals surface area (Å²) in [6.45, 7) is 1.92. The maximum Gasteiger partial charge on any atom is 0.316 e. The lowest BCUT2D eigenvalue weighted by molar-refractivity contribution is 0.237. The predicted molar refractivity (Wildman–Crippen MR) is 89.8 cm³/mol. The Kier molecular flexibility index (Phi) is 5.73. The van der Waals surface area contributed by atoms with Crippen molar-refractivity contribution in [2.45, 2.75) is 19.5 Å². The highest BCUT2D eigenvalue weighted by Gasteiger charge is 2.10. The molecule has 0 fully saturated rings. The van der Waals surface area contributed by atoms with Crippen molar-refractivity contribution in [3.63, 3.8) is 0 Å². The summed E-state index contributed by atoms with van der Waals surface area (Å²) in [4.78, 5) is 22.7. The molecule has 0 heterocycles. The van der Waals surface area contributed by atoms with Crippen LogP contribution in [0.15, 0.2) is 48.5 Å². The molecule has 0 saturated carbocycles. The molecule has 126 valence electrons. The first-order valence-corrected chi connectivity index (χ1v) is 7.40. The molecule has 0 unspecified atom stereocenters. The second kappa shape index (κ2) is 7.96. The van der Waals surface area contributed by atoms with Gasteiger partial charge in [0.05, 0.1) is 6.04 Å². The van der Waals surface area contributed by atoms with Crippen molar-refractivity contribution in [3.05, 3.63) is 65.5 Å². The minimum absolute atomic E-state index is 0.104. The van der Waals surface area contributed by atoms with Crippen molar-refractivity contribution in [2.75, 3.05) is 5.32 Å². The van der Waals surface area contributed by atoms with Gasteiger partial charge in [-0.1, -0.05) is 30.3 Å². The van der Waals surface area contributed by atoms with Crippen LogP contribution >= 0.6 is 0 Å². The molecular weight excluding hydrogens is 311 g/mol. The zero-order chi connectivity index (χ0) is 17.5. The third-order valence-electron chi connectivity index (χ3n) is 3.42. The molecule has 0 aromatic heterocycles. The Bertz CT molecular complexity index is 719. The van der Waals surface area contributed by atoms with Gasteiger partial charge in [0, 0.05) is 17.8 Å². The molecule has 2 aromatic carbocycles. The van der Waals surface area contributed by atoms with Gasteiger partial charge in [0.1, 0.15) is 5.82 Å². The van der Waals surface area contributed by atoms with Crippen LogP contribution < -0.4 is 21.7 Å². The number of benzene rings is 2. The van der Waals surface area contributed by atoms with Gasteiger partial charge in [-0.25, -0.2) is 14.0 Å². The number of halogens is 1. The number of urea groups is 2. The number of carbonyl (C=O) groups excluding carboxylic acids is 2. The molecule has 0 aliphatic rings. The lowest BCUT2D eigenvalue weighted by Gasteiger charge is -2.16. The van der Waals surface area contributed by atoms with E-state index in [1.54, 1.807) is 42.5 Å². The number of nitrogens with one attached hydrogen (secondary N) is 3. The van der Waals surface area contributed by atoms with Crippen molar-refractivity contribution >= 4 is 17.7 Å². The topological polar surface area (TPSA) is 96.2 Å². The van der Waals surface area contributed by atoms with Crippen LogP contribution in [0.2, 0.25) is 0 Å². The van der Waals surface area contributed by atoms with E-state index in [-0.39, 0.29) is 18.4 Å². The van der Waals surface area contributed by atoms with Gasteiger partial charge >= 0.3 is 12.1 Å². The molecule has 0 bridgehead atoms. The van der Waals surface area contributed by atoms with Gasteiger partial charge in [-0.05, 0) is 30.7 Å². The van der Waals surface area contributed by atoms with Crippen LogP contribution in [0.5, 0.6) is 0 Å². The second-order valence-corrected chi connectivity index (χ2v) is 5.25. The normalized spacial score (nSPS) is 11.4. The Morgan fingerprint density at radius 3 is 2.42 bits per heavy atom. The molecule has 0 radical (unpaired) electrons. The fraction of sp³-hybridized carbons (Fsp3) is 0.176. The predicted octanol–water partition coefficient (Wildman–Crippen LogP) is 2.88. The van der Waals surface area contributed by atoms with E-state index in [1.165, 1.54) is 6.07 Å². The van der Waals surface area contributed by atoms with Crippen molar-refractivity contribution in [3.8, 4) is 0 Å². The maximum absolute atomic E-state index is 13.5. The Morgan fingerprint density at radius 1 is 1.12 bits per heavy atom. The van der Waals surface area contributed by atoms with E-state index in [0.29, 0.717) is 11.3 Å². The monoisotopic (exact) mass is 330 g/mol. The first kappa shape index (κ1) is 17.3. The minimum atomic E-state index is -0.638. The van der Waals surface area contributed by atoms with Crippen molar-refractivity contribution < 1.29 is 14.0 Å². The zero-order valence-corrected chi connectivity index (χ0v) is 13.2. The van der Waals surface area contributed by atoms with Gasteiger partial charge in [0.25, 0.3) is 0 Å². The summed E-state index contributed by atoms with van der Waals surface area (Å²) in [5.41, 5.74) is 6.88. The van der Waals surface area contributed by atoms with Gasteiger partial charge in [-0.15, -0.1) is 0 Å². The molecule has 6 nitrogen and oxygen atoms in total. The SMILES string of the molecule is C[C@@H](NC(=O)NCc1ccccc1F)c1ccc(NC(N)=O)cc1. The van der Waals surface area contributed by atoms with Gasteiger partial charge in [0.2, 0.25) is 0 Å². The molecule has 0 saturated heterocycles. The fourth-order valence-corrected chi connectivity index (χ4v) is 2.15. The van der Waals surface area contributed by atoms with E-state index >= 15 is 0 Å². The van der Waals surface area contributed by atoms with Crippen LogP contribution in [0.1, 0.15) is 24.1 Å². The van der Waals surface area contributed by atoms with Gasteiger partial charge in [-0.2, -0.15) is 0 Å². The number of hydrogen-bond acceptors (Lipinski definition) is 2. The van der Waals surface area contributed by atoms with Gasteiger partial charge < -0.3 is 21.7 Å². The summed E-state index contributed by atoms with van der Waals surface area (Å²) in [6, 6.07) is 11.9. The van der Waals surface area contributed by atoms with Crippen molar-refractivity contribution in [2.24, 2.45) is 5.73 Å². The summed E-state index contributed by atoms with van der Waals surface area (Å²) in [5.74, 6) is -0.358. The van der Waals surface area contributed by atoms with E-state index in [9.17, 15) is 14.0 Å². The number of hydrogen-bond donors (Lipinski definition) is 4. The summed E-state index contributed by atoms with van der Waals surface area (Å²) >= 11 is 0. The number of nitrogens with two attached hydrogens (primary N) is 1. The fourth-order valence-electron chi connectivity index (χ4n) is 2.15. The number of carbonyl (C=O) groups is 2. The first-order chi connectivity index (χ1) is 11.5. The lowest BCUT2D eigenvalue weighted by atomic mass is 10.1. The second-order valence-electron chi connectivity index (χ2n) is 5.25. The molecular formula is C17H19FN4O2. The van der Waals surface area contributed by atoms with Gasteiger partial charge in [-0.3, -0.25) is 0 Å². The van der Waals surface area contributed by atoms with E-state index < -0.39 is 12.1 Å². The van der Waals surface area contributed by atoms with Crippen molar-refractivity contribution in [1.82, 2.24) is 10.6 Å². The minimum Gasteiger partial charge on any atom is -0.351 e. The summed E-state index contributed by atoms with van der Waals surface area (Å²) in [5, 5.41) is 7.84. The highest BCUT2D eigenvalue weighted by Crippen LogP contribution is 2.16. The standard InChI is InChI=1S/C17H19FN4O2/c1-11(12-6-8-14(9-7-12)22-16(19)23)21-17(24)20-10-13-4-2-3-5-15(13)18/h2-9,11H,10H2,1H3,(H3,19,22,23)(H2,20,21,24)/t11-/m1/s1. The maximum atomic E-state index is 13.5. The highest BCUT2D eigenvalue weighted by atomic mass is 19.1. The quantitative estimate of drug-likeness (QED) is 0.678. The number of rotatable bonds is 5. The van der Waals surface area contributed by atoms with Crippen LogP contribution in [0, 0.1) is 5.82 Å². The number of amides is 4. The molecule has 2 aromatic rings. The number of anilines is 1. The first-order valence-electron chi connectivity index (χ1n) is 7.40. The van der Waals surface area contributed by atoms with Crippen LogP contribution in [-0.2, 0) is 6.54 Å². The smallest absolute Gasteiger partial charge is 0.316 e. The molecule has 1 atom stereocenters.